The maximum atomic E-state index is 13.2. The monoisotopic (exact) mass is 347 g/mol. The van der Waals surface area contributed by atoms with Gasteiger partial charge in [-0.25, -0.2) is 4.39 Å². The molecule has 0 fully saturated rings. The highest BCUT2D eigenvalue weighted by Crippen LogP contribution is 2.29. The van der Waals surface area contributed by atoms with E-state index in [2.05, 4.69) is 21.2 Å². The van der Waals surface area contributed by atoms with E-state index in [4.69, 9.17) is 0 Å². The molecule has 2 rings (SSSR count). The van der Waals surface area contributed by atoms with Crippen molar-refractivity contribution >= 4 is 21.6 Å². The molecule has 1 nitrogen and oxygen atoms in total. The van der Waals surface area contributed by atoms with E-state index in [0.29, 0.717) is 22.3 Å². The second-order valence-corrected chi connectivity index (χ2v) is 5.12. The van der Waals surface area contributed by atoms with Crippen LogP contribution in [0.1, 0.15) is 11.1 Å². The minimum atomic E-state index is -4.34. The zero-order chi connectivity index (χ0) is 14.8. The van der Waals surface area contributed by atoms with Crippen molar-refractivity contribution < 1.29 is 17.6 Å². The first-order valence-electron chi connectivity index (χ1n) is 5.71. The van der Waals surface area contributed by atoms with Gasteiger partial charge in [-0.3, -0.25) is 0 Å². The average Bonchev–Trinajstić information content (AvgIpc) is 2.35. The molecule has 0 atom stereocenters. The van der Waals surface area contributed by atoms with Crippen LogP contribution < -0.4 is 5.32 Å². The van der Waals surface area contributed by atoms with E-state index < -0.39 is 11.7 Å². The van der Waals surface area contributed by atoms with Crippen molar-refractivity contribution in [1.82, 2.24) is 0 Å². The number of anilines is 1. The second kappa shape index (κ2) is 5.83. The zero-order valence-electron chi connectivity index (χ0n) is 10.1. The average molecular weight is 348 g/mol. The molecule has 0 heterocycles. The lowest BCUT2D eigenvalue weighted by molar-refractivity contribution is -0.137. The third kappa shape index (κ3) is 3.96. The van der Waals surface area contributed by atoms with Gasteiger partial charge in [-0.05, 0) is 48.0 Å². The largest absolute Gasteiger partial charge is 0.416 e. The van der Waals surface area contributed by atoms with Crippen LogP contribution in [0.3, 0.4) is 0 Å². The van der Waals surface area contributed by atoms with Crippen LogP contribution in [0.15, 0.2) is 46.9 Å². The topological polar surface area (TPSA) is 12.0 Å². The fourth-order valence-corrected chi connectivity index (χ4v) is 2.21. The maximum Gasteiger partial charge on any atom is 0.416 e. The van der Waals surface area contributed by atoms with Gasteiger partial charge in [0.15, 0.2) is 0 Å². The third-order valence-corrected chi connectivity index (χ3v) is 3.09. The Morgan fingerprint density at radius 2 is 1.65 bits per heavy atom. The van der Waals surface area contributed by atoms with Gasteiger partial charge in [-0.2, -0.15) is 13.2 Å². The summed E-state index contributed by atoms with van der Waals surface area (Å²) in [4.78, 5) is 0. The van der Waals surface area contributed by atoms with Crippen molar-refractivity contribution in [3.8, 4) is 0 Å². The molecular formula is C14H10BrF4N. The van der Waals surface area contributed by atoms with Gasteiger partial charge in [-0.1, -0.05) is 15.9 Å². The molecule has 0 aliphatic heterocycles. The molecule has 106 valence electrons. The van der Waals surface area contributed by atoms with Crippen molar-refractivity contribution in [2.24, 2.45) is 0 Å². The van der Waals surface area contributed by atoms with Crippen LogP contribution in [0.25, 0.3) is 0 Å². The fraction of sp³-hybridized carbons (Fsp3) is 0.143. The first-order chi connectivity index (χ1) is 9.34. The molecule has 2 aromatic carbocycles. The van der Waals surface area contributed by atoms with Gasteiger partial charge >= 0.3 is 6.18 Å². The lowest BCUT2D eigenvalue weighted by Crippen LogP contribution is -2.05. The summed E-state index contributed by atoms with van der Waals surface area (Å²) >= 11 is 3.18. The second-order valence-electron chi connectivity index (χ2n) is 4.21. The molecule has 0 amide bonds. The van der Waals surface area contributed by atoms with Crippen molar-refractivity contribution in [3.63, 3.8) is 0 Å². The molecule has 0 spiro atoms. The number of nitrogens with one attached hydrogen (secondary N) is 1. The Hall–Kier alpha value is -1.56. The van der Waals surface area contributed by atoms with Crippen molar-refractivity contribution in [3.05, 3.63) is 63.9 Å². The third-order valence-electron chi connectivity index (χ3n) is 2.63. The molecule has 0 unspecified atom stereocenters. The predicted molar refractivity (Wildman–Crippen MR) is 72.9 cm³/mol. The minimum absolute atomic E-state index is 0.321. The summed E-state index contributed by atoms with van der Waals surface area (Å²) in [6.07, 6.45) is -4.34. The quantitative estimate of drug-likeness (QED) is 0.750. The van der Waals surface area contributed by atoms with E-state index in [1.165, 1.54) is 24.3 Å². The first-order valence-corrected chi connectivity index (χ1v) is 6.50. The molecule has 0 aromatic heterocycles. The first kappa shape index (κ1) is 14.8. The molecule has 6 heteroatoms. The normalized spacial score (nSPS) is 11.4. The molecule has 0 aliphatic carbocycles. The predicted octanol–water partition coefficient (Wildman–Crippen LogP) is 5.22. The summed E-state index contributed by atoms with van der Waals surface area (Å²) in [5.41, 5.74) is 0.534. The highest BCUT2D eigenvalue weighted by atomic mass is 79.9. The van der Waals surface area contributed by atoms with Crippen LogP contribution in [0.2, 0.25) is 0 Å². The SMILES string of the molecule is Fc1cc(Br)cc(CNc2ccc(C(F)(F)F)cc2)c1. The summed E-state index contributed by atoms with van der Waals surface area (Å²) in [7, 11) is 0. The summed E-state index contributed by atoms with van der Waals surface area (Å²) in [5, 5.41) is 2.94. The van der Waals surface area contributed by atoms with Gasteiger partial charge in [-0.15, -0.1) is 0 Å². The molecule has 0 saturated carbocycles. The Morgan fingerprint density at radius 3 is 2.20 bits per heavy atom. The molecule has 0 bridgehead atoms. The molecule has 0 aliphatic rings. The number of halogens is 5. The van der Waals surface area contributed by atoms with E-state index in [0.717, 1.165) is 12.1 Å². The van der Waals surface area contributed by atoms with E-state index in [1.807, 2.05) is 0 Å². The smallest absolute Gasteiger partial charge is 0.381 e. The summed E-state index contributed by atoms with van der Waals surface area (Å²) in [6, 6.07) is 9.13. The van der Waals surface area contributed by atoms with Crippen LogP contribution in [0.4, 0.5) is 23.2 Å². The van der Waals surface area contributed by atoms with Crippen LogP contribution in [-0.4, -0.2) is 0 Å². The summed E-state index contributed by atoms with van der Waals surface area (Å²) < 4.78 is 50.9. The standard InChI is InChI=1S/C14H10BrF4N/c15-11-5-9(6-12(16)7-11)8-20-13-3-1-10(2-4-13)14(17,18)19/h1-7,20H,8H2. The number of hydrogen-bond donors (Lipinski definition) is 1. The van der Waals surface area contributed by atoms with Crippen LogP contribution in [-0.2, 0) is 12.7 Å². The highest BCUT2D eigenvalue weighted by Gasteiger charge is 2.29. The Kier molecular flexibility index (Phi) is 4.32. The summed E-state index contributed by atoms with van der Waals surface area (Å²) in [5.74, 6) is -0.372. The molecule has 20 heavy (non-hydrogen) atoms. The van der Waals surface area contributed by atoms with Gasteiger partial charge in [0.25, 0.3) is 0 Å². The molecule has 0 saturated heterocycles. The van der Waals surface area contributed by atoms with Gasteiger partial charge in [0, 0.05) is 16.7 Å². The Balaban J connectivity index is 2.04. The van der Waals surface area contributed by atoms with Crippen LogP contribution >= 0.6 is 15.9 Å². The number of rotatable bonds is 3. The lowest BCUT2D eigenvalue weighted by atomic mass is 10.2. The molecular weight excluding hydrogens is 338 g/mol. The lowest BCUT2D eigenvalue weighted by Gasteiger charge is -2.10. The van der Waals surface area contributed by atoms with Gasteiger partial charge < -0.3 is 5.32 Å². The fourth-order valence-electron chi connectivity index (χ4n) is 1.69. The molecule has 2 aromatic rings. The van der Waals surface area contributed by atoms with E-state index in [9.17, 15) is 17.6 Å². The van der Waals surface area contributed by atoms with Crippen molar-refractivity contribution in [2.45, 2.75) is 12.7 Å². The Morgan fingerprint density at radius 1 is 1.00 bits per heavy atom. The van der Waals surface area contributed by atoms with Gasteiger partial charge in [0.1, 0.15) is 5.82 Å². The van der Waals surface area contributed by atoms with Crippen molar-refractivity contribution in [2.75, 3.05) is 5.32 Å². The van der Waals surface area contributed by atoms with Crippen LogP contribution in [0, 0.1) is 5.82 Å². The van der Waals surface area contributed by atoms with Gasteiger partial charge in [0.05, 0.1) is 5.56 Å². The maximum absolute atomic E-state index is 13.2. The van der Waals surface area contributed by atoms with E-state index >= 15 is 0 Å². The number of benzene rings is 2. The summed E-state index contributed by atoms with van der Waals surface area (Å²) in [6.45, 7) is 0.321. The molecule has 1 N–H and O–H groups in total. The number of alkyl halides is 3. The van der Waals surface area contributed by atoms with Crippen molar-refractivity contribution in [1.29, 1.82) is 0 Å². The zero-order valence-corrected chi connectivity index (χ0v) is 11.7. The van der Waals surface area contributed by atoms with Crippen LogP contribution in [0.5, 0.6) is 0 Å². The highest BCUT2D eigenvalue weighted by molar-refractivity contribution is 9.10. The van der Waals surface area contributed by atoms with E-state index in [1.54, 1.807) is 6.07 Å². The van der Waals surface area contributed by atoms with E-state index in [-0.39, 0.29) is 5.82 Å². The minimum Gasteiger partial charge on any atom is -0.381 e. The molecule has 0 radical (unpaired) electrons. The van der Waals surface area contributed by atoms with Gasteiger partial charge in [0.2, 0.25) is 0 Å². The Bertz CT molecular complexity index is 573. The Labute approximate surface area is 121 Å². The number of hydrogen-bond acceptors (Lipinski definition) is 1.